The number of para-hydroxylation sites is 2. The van der Waals surface area contributed by atoms with E-state index in [1.54, 1.807) is 34.4 Å². The number of anilines is 1. The van der Waals surface area contributed by atoms with Crippen LogP contribution < -0.4 is 10.6 Å². The van der Waals surface area contributed by atoms with Gasteiger partial charge in [-0.05, 0) is 43.9 Å². The number of rotatable bonds is 6. The van der Waals surface area contributed by atoms with E-state index in [1.807, 2.05) is 6.07 Å². The third-order valence-corrected chi connectivity index (χ3v) is 7.19. The highest BCUT2D eigenvalue weighted by Gasteiger charge is 2.42. The highest BCUT2D eigenvalue weighted by molar-refractivity contribution is 7.12. The van der Waals surface area contributed by atoms with Crippen LogP contribution in [0.5, 0.6) is 0 Å². The van der Waals surface area contributed by atoms with Crippen molar-refractivity contribution < 1.29 is 9.72 Å². The molecule has 0 amide bonds. The lowest BCUT2D eigenvalue weighted by molar-refractivity contribution is -0.384. The van der Waals surface area contributed by atoms with Gasteiger partial charge in [-0.15, -0.1) is 11.3 Å². The first-order valence-electron chi connectivity index (χ1n) is 10.8. The van der Waals surface area contributed by atoms with Gasteiger partial charge in [0.2, 0.25) is 0 Å². The zero-order chi connectivity index (χ0) is 22.8. The molecule has 1 aliphatic carbocycles. The maximum Gasteiger partial charge on any atom is 0.293 e. The number of Topliss-reactive ketones (excluding diaryl/α,β-unsaturated/α-hetero) is 1. The van der Waals surface area contributed by atoms with Crippen molar-refractivity contribution in [2.75, 3.05) is 4.90 Å². The molecule has 0 spiro atoms. The van der Waals surface area contributed by atoms with Crippen molar-refractivity contribution in [3.05, 3.63) is 78.9 Å². The number of nitrogens with two attached hydrogens (primary N) is 1. The van der Waals surface area contributed by atoms with Gasteiger partial charge in [0, 0.05) is 33.5 Å². The van der Waals surface area contributed by atoms with Crippen LogP contribution in [0.4, 0.5) is 11.4 Å². The van der Waals surface area contributed by atoms with Gasteiger partial charge in [-0.25, -0.2) is 0 Å². The van der Waals surface area contributed by atoms with E-state index in [0.29, 0.717) is 30.5 Å². The van der Waals surface area contributed by atoms with E-state index in [1.165, 1.54) is 10.9 Å². The summed E-state index contributed by atoms with van der Waals surface area (Å²) >= 11 is 1.61. The average Bonchev–Trinajstić information content (AvgIpc) is 3.25. The summed E-state index contributed by atoms with van der Waals surface area (Å²) < 4.78 is 0. The van der Waals surface area contributed by atoms with E-state index in [4.69, 9.17) is 5.73 Å². The van der Waals surface area contributed by atoms with Crippen molar-refractivity contribution in [2.24, 2.45) is 5.73 Å². The summed E-state index contributed by atoms with van der Waals surface area (Å²) in [6, 6.07) is 12.6. The number of nitro groups is 1. The minimum atomic E-state index is -0.526. The molecule has 1 unspecified atom stereocenters. The number of ketones is 1. The minimum absolute atomic E-state index is 0.0245. The first-order valence-corrected chi connectivity index (χ1v) is 11.6. The fourth-order valence-electron chi connectivity index (χ4n) is 4.49. The lowest BCUT2D eigenvalue weighted by Crippen LogP contribution is -2.38. The summed E-state index contributed by atoms with van der Waals surface area (Å²) in [5.41, 5.74) is 8.16. The third kappa shape index (κ3) is 3.69. The molecule has 1 atom stereocenters. The summed E-state index contributed by atoms with van der Waals surface area (Å²) in [4.78, 5) is 28.1. The quantitative estimate of drug-likeness (QED) is 0.474. The fraction of sp³-hybridized carbons (Fsp3) is 0.333. The van der Waals surface area contributed by atoms with Gasteiger partial charge in [-0.3, -0.25) is 19.8 Å². The number of hydrogen-bond donors (Lipinski definition) is 1. The molecule has 0 saturated carbocycles. The lowest BCUT2D eigenvalue weighted by atomic mass is 9.78. The third-order valence-electron chi connectivity index (χ3n) is 5.98. The van der Waals surface area contributed by atoms with E-state index < -0.39 is 10.8 Å². The Hall–Kier alpha value is -3.44. The van der Waals surface area contributed by atoms with Crippen LogP contribution in [0.25, 0.3) is 0 Å². The number of carbonyl (C=O) groups excluding carboxylic acids is 1. The molecule has 8 heteroatoms. The maximum absolute atomic E-state index is 13.2. The monoisotopic (exact) mass is 448 g/mol. The minimum Gasteiger partial charge on any atom is -0.384 e. The van der Waals surface area contributed by atoms with Crippen LogP contribution in [-0.2, 0) is 11.2 Å². The molecule has 1 aliphatic heterocycles. The van der Waals surface area contributed by atoms with Crippen LogP contribution in [0.1, 0.15) is 54.7 Å². The van der Waals surface area contributed by atoms with Gasteiger partial charge in [0.25, 0.3) is 5.69 Å². The van der Waals surface area contributed by atoms with Crippen LogP contribution >= 0.6 is 11.3 Å². The Labute approximate surface area is 190 Å². The highest BCUT2D eigenvalue weighted by atomic mass is 32.1. The van der Waals surface area contributed by atoms with Gasteiger partial charge >= 0.3 is 0 Å². The Balaban J connectivity index is 1.91. The molecular weight excluding hydrogens is 424 g/mol. The second-order valence-electron chi connectivity index (χ2n) is 7.97. The number of nitriles is 1. The number of thiophene rings is 1. The number of allylic oxidation sites excluding steroid dienone is 3. The first-order chi connectivity index (χ1) is 15.5. The topological polar surface area (TPSA) is 113 Å². The summed E-state index contributed by atoms with van der Waals surface area (Å²) in [6.45, 7) is 2.14. The van der Waals surface area contributed by atoms with Gasteiger partial charge in [-0.2, -0.15) is 5.26 Å². The number of carbonyl (C=O) groups is 1. The van der Waals surface area contributed by atoms with E-state index in [0.717, 1.165) is 24.1 Å². The van der Waals surface area contributed by atoms with Crippen LogP contribution in [0.3, 0.4) is 0 Å². The summed E-state index contributed by atoms with van der Waals surface area (Å²) in [6.07, 6.45) is 4.72. The van der Waals surface area contributed by atoms with E-state index in [-0.39, 0.29) is 28.6 Å². The predicted molar refractivity (Wildman–Crippen MR) is 124 cm³/mol. The number of unbranched alkanes of at least 4 members (excludes halogenated alkanes) is 1. The van der Waals surface area contributed by atoms with Gasteiger partial charge in [-0.1, -0.05) is 25.5 Å². The predicted octanol–water partition coefficient (Wildman–Crippen LogP) is 5.30. The SMILES string of the molecule is CCCCc1ccc(C2C(C#N)=C(N)N(c3ccccc3[N+](=O)[O-])C3=C2C(=O)CCC3)s1. The van der Waals surface area contributed by atoms with Gasteiger partial charge in [0.15, 0.2) is 5.78 Å². The molecule has 0 fully saturated rings. The van der Waals surface area contributed by atoms with Gasteiger partial charge in [0.05, 0.1) is 22.5 Å². The average molecular weight is 449 g/mol. The Kier molecular flexibility index (Phi) is 6.10. The normalized spacial score (nSPS) is 18.6. The fourth-order valence-corrected chi connectivity index (χ4v) is 5.66. The first kappa shape index (κ1) is 21.8. The second-order valence-corrected chi connectivity index (χ2v) is 9.17. The molecule has 2 aliphatic rings. The molecule has 0 saturated heterocycles. The van der Waals surface area contributed by atoms with Crippen molar-refractivity contribution in [1.82, 2.24) is 0 Å². The van der Waals surface area contributed by atoms with Crippen molar-refractivity contribution in [1.29, 1.82) is 5.26 Å². The Morgan fingerprint density at radius 1 is 1.28 bits per heavy atom. The van der Waals surface area contributed by atoms with Crippen LogP contribution in [-0.4, -0.2) is 10.7 Å². The Morgan fingerprint density at radius 3 is 2.78 bits per heavy atom. The van der Waals surface area contributed by atoms with Gasteiger partial charge < -0.3 is 5.73 Å². The van der Waals surface area contributed by atoms with Crippen LogP contribution in [0, 0.1) is 21.4 Å². The van der Waals surface area contributed by atoms with Gasteiger partial charge in [0.1, 0.15) is 11.5 Å². The molecule has 0 radical (unpaired) electrons. The van der Waals surface area contributed by atoms with E-state index in [2.05, 4.69) is 19.1 Å². The summed E-state index contributed by atoms with van der Waals surface area (Å²) in [7, 11) is 0. The van der Waals surface area contributed by atoms with Crippen molar-refractivity contribution in [3.63, 3.8) is 0 Å². The number of nitro benzene ring substituents is 1. The number of hydrogen-bond acceptors (Lipinski definition) is 7. The van der Waals surface area contributed by atoms with Crippen molar-refractivity contribution in [2.45, 2.75) is 51.4 Å². The van der Waals surface area contributed by atoms with Crippen LogP contribution in [0.2, 0.25) is 0 Å². The molecule has 2 heterocycles. The van der Waals surface area contributed by atoms with Crippen molar-refractivity contribution >= 4 is 28.5 Å². The molecule has 2 aromatic rings. The number of benzene rings is 1. The number of nitrogens with zero attached hydrogens (tertiary/aromatic N) is 3. The molecule has 164 valence electrons. The molecule has 2 N–H and O–H groups in total. The molecule has 32 heavy (non-hydrogen) atoms. The van der Waals surface area contributed by atoms with Crippen LogP contribution in [0.15, 0.2) is 59.1 Å². The van der Waals surface area contributed by atoms with E-state index in [9.17, 15) is 20.2 Å². The molecule has 0 bridgehead atoms. The summed E-state index contributed by atoms with van der Waals surface area (Å²) in [5.74, 6) is -0.394. The highest BCUT2D eigenvalue weighted by Crippen LogP contribution is 2.49. The Bertz CT molecular complexity index is 1190. The maximum atomic E-state index is 13.2. The standard InChI is InChI=1S/C24H24N4O3S/c1-2-3-7-15-12-13-21(32-15)22-16(14-25)24(26)27(19-10-6-11-20(29)23(19)22)17-8-4-5-9-18(17)28(30)31/h4-5,8-9,12-13,22H,2-3,6-7,10-11,26H2,1H3. The summed E-state index contributed by atoms with van der Waals surface area (Å²) in [5, 5.41) is 21.8. The largest absolute Gasteiger partial charge is 0.384 e. The molecule has 1 aromatic carbocycles. The second kappa shape index (κ2) is 8.97. The molecule has 4 rings (SSSR count). The van der Waals surface area contributed by atoms with E-state index >= 15 is 0 Å². The molecule has 7 nitrogen and oxygen atoms in total. The zero-order valence-corrected chi connectivity index (χ0v) is 18.7. The van der Waals surface area contributed by atoms with Crippen molar-refractivity contribution in [3.8, 4) is 6.07 Å². The lowest BCUT2D eigenvalue weighted by Gasteiger charge is -2.38. The molecule has 1 aromatic heterocycles. The smallest absolute Gasteiger partial charge is 0.293 e. The number of aryl methyl sites for hydroxylation is 1. The zero-order valence-electron chi connectivity index (χ0n) is 17.8. The Morgan fingerprint density at radius 2 is 2.06 bits per heavy atom. The molecular formula is C24H24N4O3S.